The quantitative estimate of drug-likeness (QED) is 0.148. The summed E-state index contributed by atoms with van der Waals surface area (Å²) in [6, 6.07) is 19.9. The largest absolute Gasteiger partial charge is 0.455 e. The predicted octanol–water partition coefficient (Wildman–Crippen LogP) is 8.73. The molecule has 0 aliphatic rings. The number of benzene rings is 2. The van der Waals surface area contributed by atoms with Crippen molar-refractivity contribution in [1.29, 1.82) is 0 Å². The van der Waals surface area contributed by atoms with Crippen LogP contribution in [0.2, 0.25) is 0 Å². The van der Waals surface area contributed by atoms with Gasteiger partial charge in [-0.3, -0.25) is 0 Å². The highest BCUT2D eigenvalue weighted by molar-refractivity contribution is 5.23. The fourth-order valence-corrected chi connectivity index (χ4v) is 3.46. The monoisotopic (exact) mass is 408 g/mol. The van der Waals surface area contributed by atoms with Gasteiger partial charge in [0.2, 0.25) is 6.29 Å². The summed E-state index contributed by atoms with van der Waals surface area (Å²) in [5.74, 6) is 1.73. The molecule has 164 valence electrons. The molecule has 0 fully saturated rings. The van der Waals surface area contributed by atoms with Crippen molar-refractivity contribution in [3.63, 3.8) is 0 Å². The highest BCUT2D eigenvalue weighted by Crippen LogP contribution is 2.20. The molecule has 0 saturated carbocycles. The van der Waals surface area contributed by atoms with Gasteiger partial charge in [0, 0.05) is 6.42 Å². The van der Waals surface area contributed by atoms with Crippen molar-refractivity contribution in [2.45, 2.75) is 90.3 Å². The zero-order valence-electron chi connectivity index (χ0n) is 18.8. The predicted molar refractivity (Wildman–Crippen MR) is 128 cm³/mol. The Morgan fingerprint density at radius 2 is 1.07 bits per heavy atom. The van der Waals surface area contributed by atoms with E-state index >= 15 is 0 Å². The van der Waals surface area contributed by atoms with Crippen molar-refractivity contribution in [3.8, 4) is 11.5 Å². The molecular weight excluding hydrogens is 368 g/mol. The van der Waals surface area contributed by atoms with Crippen molar-refractivity contribution in [2.75, 3.05) is 0 Å². The number of para-hydroxylation sites is 2. The van der Waals surface area contributed by atoms with Crippen LogP contribution in [0.15, 0.2) is 72.8 Å². The van der Waals surface area contributed by atoms with Crippen LogP contribution in [-0.4, -0.2) is 6.29 Å². The highest BCUT2D eigenvalue weighted by atomic mass is 16.7. The van der Waals surface area contributed by atoms with Gasteiger partial charge in [-0.15, -0.1) is 0 Å². The van der Waals surface area contributed by atoms with E-state index in [0.717, 1.165) is 24.3 Å². The van der Waals surface area contributed by atoms with Crippen LogP contribution in [0.25, 0.3) is 0 Å². The molecule has 0 spiro atoms. The lowest BCUT2D eigenvalue weighted by atomic mass is 10.1. The van der Waals surface area contributed by atoms with Crippen molar-refractivity contribution >= 4 is 0 Å². The molecule has 0 aliphatic heterocycles. The maximum absolute atomic E-state index is 6.10. The first-order chi connectivity index (χ1) is 14.9. The summed E-state index contributed by atoms with van der Waals surface area (Å²) in [6.07, 6.45) is 19.6. The van der Waals surface area contributed by atoms with E-state index in [1.165, 1.54) is 64.2 Å². The molecule has 0 heterocycles. The minimum Gasteiger partial charge on any atom is -0.455 e. The Kier molecular flexibility index (Phi) is 13.3. The molecule has 30 heavy (non-hydrogen) atoms. The van der Waals surface area contributed by atoms with E-state index in [0.29, 0.717) is 0 Å². The lowest BCUT2D eigenvalue weighted by Gasteiger charge is -2.20. The molecule has 2 heteroatoms. The Morgan fingerprint density at radius 1 is 0.600 bits per heavy atom. The first-order valence-electron chi connectivity index (χ1n) is 12.0. The second-order valence-electron chi connectivity index (χ2n) is 7.96. The number of ether oxygens (including phenoxy) is 2. The molecule has 0 unspecified atom stereocenters. The first kappa shape index (κ1) is 24.1. The third-order valence-corrected chi connectivity index (χ3v) is 5.22. The van der Waals surface area contributed by atoms with Crippen molar-refractivity contribution in [2.24, 2.45) is 0 Å². The summed E-state index contributed by atoms with van der Waals surface area (Å²) in [4.78, 5) is 0. The summed E-state index contributed by atoms with van der Waals surface area (Å²) in [7, 11) is 0. The van der Waals surface area contributed by atoms with Crippen molar-refractivity contribution < 1.29 is 9.47 Å². The topological polar surface area (TPSA) is 18.5 Å². The van der Waals surface area contributed by atoms with E-state index in [4.69, 9.17) is 9.47 Å². The highest BCUT2D eigenvalue weighted by Gasteiger charge is 2.12. The fraction of sp³-hybridized carbons (Fsp3) is 0.500. The van der Waals surface area contributed by atoms with Gasteiger partial charge in [0.25, 0.3) is 0 Å². The van der Waals surface area contributed by atoms with Gasteiger partial charge in [0.1, 0.15) is 11.5 Å². The summed E-state index contributed by atoms with van der Waals surface area (Å²) >= 11 is 0. The summed E-state index contributed by atoms with van der Waals surface area (Å²) in [5.41, 5.74) is 0. The normalized spacial score (nSPS) is 11.3. The number of hydrogen-bond acceptors (Lipinski definition) is 2. The van der Waals surface area contributed by atoms with E-state index in [-0.39, 0.29) is 6.29 Å². The smallest absolute Gasteiger partial charge is 0.241 e. The van der Waals surface area contributed by atoms with Crippen LogP contribution >= 0.6 is 0 Å². The van der Waals surface area contributed by atoms with E-state index in [1.807, 2.05) is 60.7 Å². The standard InChI is InChI=1S/C28H40O2/c1-2-3-4-5-6-7-8-9-10-11-12-13-20-25-28(29-26-21-16-14-17-22-26)30-27-23-18-15-19-24-27/h5-6,14-19,21-24,28H,2-4,7-13,20,25H2,1H3/b6-5-. The third kappa shape index (κ3) is 11.7. The van der Waals surface area contributed by atoms with Crippen LogP contribution in [0.5, 0.6) is 11.5 Å². The van der Waals surface area contributed by atoms with Crippen LogP contribution in [0.3, 0.4) is 0 Å². The number of hydrogen-bond donors (Lipinski definition) is 0. The first-order valence-corrected chi connectivity index (χ1v) is 12.0. The van der Waals surface area contributed by atoms with E-state index in [1.54, 1.807) is 0 Å². The van der Waals surface area contributed by atoms with Gasteiger partial charge in [0.05, 0.1) is 0 Å². The number of rotatable bonds is 17. The van der Waals surface area contributed by atoms with Crippen LogP contribution in [0.4, 0.5) is 0 Å². The summed E-state index contributed by atoms with van der Waals surface area (Å²) < 4.78 is 12.2. The average molecular weight is 409 g/mol. The third-order valence-electron chi connectivity index (χ3n) is 5.22. The number of unbranched alkanes of at least 4 members (excludes halogenated alkanes) is 9. The van der Waals surface area contributed by atoms with Gasteiger partial charge in [-0.05, 0) is 49.9 Å². The molecule has 2 nitrogen and oxygen atoms in total. The Labute approximate surface area is 184 Å². The van der Waals surface area contributed by atoms with Crippen LogP contribution in [0, 0.1) is 0 Å². The second-order valence-corrected chi connectivity index (χ2v) is 7.96. The van der Waals surface area contributed by atoms with E-state index < -0.39 is 0 Å². The van der Waals surface area contributed by atoms with Gasteiger partial charge >= 0.3 is 0 Å². The molecule has 2 aromatic carbocycles. The number of allylic oxidation sites excluding steroid dienone is 2. The van der Waals surface area contributed by atoms with Gasteiger partial charge in [-0.2, -0.15) is 0 Å². The van der Waals surface area contributed by atoms with Crippen LogP contribution in [-0.2, 0) is 0 Å². The average Bonchev–Trinajstić information content (AvgIpc) is 2.78. The molecule has 0 N–H and O–H groups in total. The lowest BCUT2D eigenvalue weighted by Crippen LogP contribution is -2.23. The van der Waals surface area contributed by atoms with Gasteiger partial charge < -0.3 is 9.47 Å². The maximum atomic E-state index is 6.10. The van der Waals surface area contributed by atoms with E-state index in [2.05, 4.69) is 19.1 Å². The van der Waals surface area contributed by atoms with Gasteiger partial charge in [0.15, 0.2) is 0 Å². The molecule has 0 aliphatic carbocycles. The van der Waals surface area contributed by atoms with E-state index in [9.17, 15) is 0 Å². The second kappa shape index (κ2) is 16.6. The van der Waals surface area contributed by atoms with Crippen LogP contribution in [0.1, 0.15) is 84.0 Å². The molecule has 0 radical (unpaired) electrons. The SMILES string of the molecule is CCCC/C=C\CCCCCCCCCC(Oc1ccccc1)Oc1ccccc1. The van der Waals surface area contributed by atoms with Gasteiger partial charge in [-0.1, -0.05) is 100 Å². The van der Waals surface area contributed by atoms with Gasteiger partial charge in [-0.25, -0.2) is 0 Å². The summed E-state index contributed by atoms with van der Waals surface area (Å²) in [6.45, 7) is 2.25. The zero-order chi connectivity index (χ0) is 21.1. The lowest BCUT2D eigenvalue weighted by molar-refractivity contribution is -0.00245. The maximum Gasteiger partial charge on any atom is 0.241 e. The molecule has 2 aromatic rings. The Bertz CT molecular complexity index is 609. The molecule has 2 rings (SSSR count). The Balaban J connectivity index is 1.58. The Morgan fingerprint density at radius 3 is 1.60 bits per heavy atom. The minimum absolute atomic E-state index is 0.241. The summed E-state index contributed by atoms with van der Waals surface area (Å²) in [5, 5.41) is 0. The molecule has 0 saturated heterocycles. The Hall–Kier alpha value is -2.22. The molecular formula is C28H40O2. The molecule has 0 amide bonds. The van der Waals surface area contributed by atoms with Crippen LogP contribution < -0.4 is 9.47 Å². The molecule has 0 atom stereocenters. The zero-order valence-corrected chi connectivity index (χ0v) is 18.8. The minimum atomic E-state index is -0.241. The molecule has 0 aromatic heterocycles. The van der Waals surface area contributed by atoms with Crippen molar-refractivity contribution in [1.82, 2.24) is 0 Å². The fourth-order valence-electron chi connectivity index (χ4n) is 3.46. The molecule has 0 bridgehead atoms. The van der Waals surface area contributed by atoms with Crippen molar-refractivity contribution in [3.05, 3.63) is 72.8 Å².